The molecule has 0 atom stereocenters. The minimum Gasteiger partial charge on any atom is -0.356 e. The van der Waals surface area contributed by atoms with E-state index in [-0.39, 0.29) is 0 Å². The Hall–Kier alpha value is -2.48. The van der Waals surface area contributed by atoms with Gasteiger partial charge in [-0.3, -0.25) is 0 Å². The second-order valence-electron chi connectivity index (χ2n) is 4.34. The van der Waals surface area contributed by atoms with Gasteiger partial charge in [0.15, 0.2) is 0 Å². The van der Waals surface area contributed by atoms with Crippen molar-refractivity contribution in [3.63, 3.8) is 0 Å². The molecule has 0 amide bonds. The maximum atomic E-state index is 12.4. The van der Waals surface area contributed by atoms with E-state index in [0.717, 1.165) is 23.4 Å². The first-order chi connectivity index (χ1) is 9.40. The first kappa shape index (κ1) is 13.9. The van der Waals surface area contributed by atoms with Gasteiger partial charge in [-0.05, 0) is 55.0 Å². The van der Waals surface area contributed by atoms with Gasteiger partial charge in [0.2, 0.25) is 0 Å². The highest BCUT2D eigenvalue weighted by molar-refractivity contribution is 5.62. The molecule has 0 fully saturated rings. The molecule has 5 heteroatoms. The van der Waals surface area contributed by atoms with Crippen molar-refractivity contribution in [1.82, 2.24) is 0 Å². The van der Waals surface area contributed by atoms with Gasteiger partial charge in [0, 0.05) is 11.4 Å². The van der Waals surface area contributed by atoms with Crippen molar-refractivity contribution in [3.05, 3.63) is 59.2 Å². The Morgan fingerprint density at radius 1 is 1.00 bits per heavy atom. The summed E-state index contributed by atoms with van der Waals surface area (Å²) >= 11 is 0. The van der Waals surface area contributed by atoms with Crippen LogP contribution in [0.15, 0.2) is 42.5 Å². The van der Waals surface area contributed by atoms with Crippen LogP contribution in [0.5, 0.6) is 0 Å². The SMILES string of the molecule is Cc1cc(Nc2ccc(C(F)(F)F)cc2)ccc1C#N. The summed E-state index contributed by atoms with van der Waals surface area (Å²) in [5.41, 5.74) is 1.98. The van der Waals surface area contributed by atoms with E-state index in [0.29, 0.717) is 11.3 Å². The lowest BCUT2D eigenvalue weighted by Crippen LogP contribution is -2.04. The molecule has 0 aromatic heterocycles. The van der Waals surface area contributed by atoms with Crippen molar-refractivity contribution in [2.45, 2.75) is 13.1 Å². The van der Waals surface area contributed by atoms with Crippen molar-refractivity contribution in [3.8, 4) is 6.07 Å². The van der Waals surface area contributed by atoms with Crippen LogP contribution >= 0.6 is 0 Å². The lowest BCUT2D eigenvalue weighted by atomic mass is 10.1. The summed E-state index contributed by atoms with van der Waals surface area (Å²) in [5.74, 6) is 0. The average Bonchev–Trinajstić information content (AvgIpc) is 2.38. The normalized spacial score (nSPS) is 10.9. The van der Waals surface area contributed by atoms with Crippen molar-refractivity contribution in [2.24, 2.45) is 0 Å². The van der Waals surface area contributed by atoms with E-state index in [1.54, 1.807) is 25.1 Å². The highest BCUT2D eigenvalue weighted by Gasteiger charge is 2.29. The van der Waals surface area contributed by atoms with E-state index in [2.05, 4.69) is 11.4 Å². The topological polar surface area (TPSA) is 35.8 Å². The molecule has 1 N–H and O–H groups in total. The highest BCUT2D eigenvalue weighted by atomic mass is 19.4. The number of nitriles is 1. The summed E-state index contributed by atoms with van der Waals surface area (Å²) < 4.78 is 37.3. The van der Waals surface area contributed by atoms with E-state index in [4.69, 9.17) is 5.26 Å². The van der Waals surface area contributed by atoms with Gasteiger partial charge in [-0.15, -0.1) is 0 Å². The molecule has 0 aliphatic carbocycles. The number of hydrogen-bond acceptors (Lipinski definition) is 2. The number of alkyl halides is 3. The molecule has 2 rings (SSSR count). The van der Waals surface area contributed by atoms with Gasteiger partial charge < -0.3 is 5.32 Å². The number of nitrogens with zero attached hydrogens (tertiary/aromatic N) is 1. The molecule has 0 heterocycles. The quantitative estimate of drug-likeness (QED) is 0.868. The van der Waals surface area contributed by atoms with Crippen LogP contribution < -0.4 is 5.32 Å². The van der Waals surface area contributed by atoms with Crippen LogP contribution in [0.2, 0.25) is 0 Å². The Labute approximate surface area is 114 Å². The van der Waals surface area contributed by atoms with Crippen molar-refractivity contribution in [1.29, 1.82) is 5.26 Å². The van der Waals surface area contributed by atoms with Crippen LogP contribution in [0.4, 0.5) is 24.5 Å². The summed E-state index contributed by atoms with van der Waals surface area (Å²) in [6, 6.07) is 12.0. The molecule has 0 aliphatic rings. The largest absolute Gasteiger partial charge is 0.416 e. The number of rotatable bonds is 2. The van der Waals surface area contributed by atoms with Crippen LogP contribution in [0.25, 0.3) is 0 Å². The Morgan fingerprint density at radius 3 is 2.10 bits per heavy atom. The zero-order chi connectivity index (χ0) is 14.8. The molecule has 0 unspecified atom stereocenters. The van der Waals surface area contributed by atoms with Crippen LogP contribution in [-0.4, -0.2) is 0 Å². The minimum atomic E-state index is -4.33. The van der Waals surface area contributed by atoms with Crippen molar-refractivity contribution >= 4 is 11.4 Å². The van der Waals surface area contributed by atoms with Crippen LogP contribution in [0.1, 0.15) is 16.7 Å². The maximum absolute atomic E-state index is 12.4. The smallest absolute Gasteiger partial charge is 0.356 e. The fraction of sp³-hybridized carbons (Fsp3) is 0.133. The molecular formula is C15H11F3N2. The Bertz CT molecular complexity index is 652. The first-order valence-electron chi connectivity index (χ1n) is 5.85. The monoisotopic (exact) mass is 276 g/mol. The number of benzene rings is 2. The molecule has 102 valence electrons. The van der Waals surface area contributed by atoms with Gasteiger partial charge in [-0.25, -0.2) is 0 Å². The number of aryl methyl sites for hydroxylation is 1. The molecule has 0 bridgehead atoms. The summed E-state index contributed by atoms with van der Waals surface area (Å²) in [6.07, 6.45) is -4.33. The molecule has 2 nitrogen and oxygen atoms in total. The van der Waals surface area contributed by atoms with Crippen LogP contribution in [0, 0.1) is 18.3 Å². The maximum Gasteiger partial charge on any atom is 0.416 e. The van der Waals surface area contributed by atoms with Crippen LogP contribution in [-0.2, 0) is 6.18 Å². The third kappa shape index (κ3) is 3.09. The summed E-state index contributed by atoms with van der Waals surface area (Å²) in [6.45, 7) is 1.80. The number of nitrogens with one attached hydrogen (secondary N) is 1. The second kappa shape index (κ2) is 5.25. The fourth-order valence-electron chi connectivity index (χ4n) is 1.78. The standard InChI is InChI=1S/C15H11F3N2/c1-10-8-14(5-2-11(10)9-19)20-13-6-3-12(4-7-13)15(16,17)18/h2-8,20H,1H3. The molecule has 0 radical (unpaired) electrons. The van der Waals surface area contributed by atoms with Gasteiger partial charge in [-0.2, -0.15) is 18.4 Å². The van der Waals surface area contributed by atoms with E-state index in [1.807, 2.05) is 0 Å². The van der Waals surface area contributed by atoms with Gasteiger partial charge in [-0.1, -0.05) is 0 Å². The molecule has 0 aliphatic heterocycles. The Morgan fingerprint density at radius 2 is 1.60 bits per heavy atom. The summed E-state index contributed by atoms with van der Waals surface area (Å²) in [7, 11) is 0. The van der Waals surface area contributed by atoms with E-state index >= 15 is 0 Å². The summed E-state index contributed by atoms with van der Waals surface area (Å²) in [5, 5.41) is 11.8. The fourth-order valence-corrected chi connectivity index (χ4v) is 1.78. The predicted octanol–water partition coefficient (Wildman–Crippen LogP) is 4.63. The van der Waals surface area contributed by atoms with E-state index < -0.39 is 11.7 Å². The van der Waals surface area contributed by atoms with Gasteiger partial charge in [0.1, 0.15) is 0 Å². The van der Waals surface area contributed by atoms with Gasteiger partial charge >= 0.3 is 6.18 Å². The van der Waals surface area contributed by atoms with Crippen LogP contribution in [0.3, 0.4) is 0 Å². The van der Waals surface area contributed by atoms with Crippen molar-refractivity contribution < 1.29 is 13.2 Å². The molecule has 0 spiro atoms. The molecule has 0 saturated heterocycles. The minimum absolute atomic E-state index is 0.558. The van der Waals surface area contributed by atoms with Crippen molar-refractivity contribution in [2.75, 3.05) is 5.32 Å². The number of halogens is 3. The third-order valence-electron chi connectivity index (χ3n) is 2.85. The number of hydrogen-bond donors (Lipinski definition) is 1. The Kier molecular flexibility index (Phi) is 3.66. The average molecular weight is 276 g/mol. The van der Waals surface area contributed by atoms with E-state index in [1.165, 1.54) is 12.1 Å². The third-order valence-corrected chi connectivity index (χ3v) is 2.85. The lowest BCUT2D eigenvalue weighted by Gasteiger charge is -2.10. The zero-order valence-corrected chi connectivity index (χ0v) is 10.6. The number of anilines is 2. The first-order valence-corrected chi connectivity index (χ1v) is 5.85. The summed E-state index contributed by atoms with van der Waals surface area (Å²) in [4.78, 5) is 0. The van der Waals surface area contributed by atoms with Gasteiger partial charge in [0.25, 0.3) is 0 Å². The Balaban J connectivity index is 2.19. The molecule has 0 saturated carbocycles. The molecule has 2 aromatic carbocycles. The molecule has 2 aromatic rings. The molecule has 20 heavy (non-hydrogen) atoms. The zero-order valence-electron chi connectivity index (χ0n) is 10.6. The second-order valence-corrected chi connectivity index (χ2v) is 4.34. The molecular weight excluding hydrogens is 265 g/mol. The highest BCUT2D eigenvalue weighted by Crippen LogP contribution is 2.30. The predicted molar refractivity (Wildman–Crippen MR) is 70.6 cm³/mol. The van der Waals surface area contributed by atoms with E-state index in [9.17, 15) is 13.2 Å². The van der Waals surface area contributed by atoms with Gasteiger partial charge in [0.05, 0.1) is 17.2 Å². The lowest BCUT2D eigenvalue weighted by molar-refractivity contribution is -0.137.